The number of nitrogens with one attached hydrogen (secondary N) is 1. The summed E-state index contributed by atoms with van der Waals surface area (Å²) < 4.78 is 0. The lowest BCUT2D eigenvalue weighted by Crippen LogP contribution is -2.48. The molecule has 12 heavy (non-hydrogen) atoms. The van der Waals surface area contributed by atoms with E-state index in [1.807, 2.05) is 20.8 Å². The number of nitrogens with two attached hydrogens (primary N) is 1. The van der Waals surface area contributed by atoms with Crippen LogP contribution in [0.15, 0.2) is 0 Å². The Morgan fingerprint density at radius 2 is 2.08 bits per heavy atom. The molecule has 0 aliphatic heterocycles. The fraction of sp³-hybridized carbons (Fsp3) is 0.875. The molecule has 0 aromatic carbocycles. The SMILES string of the molecule is CC(C)(C)NC(CN)CC(=O)O. The van der Waals surface area contributed by atoms with Gasteiger partial charge in [0, 0.05) is 18.1 Å². The summed E-state index contributed by atoms with van der Waals surface area (Å²) in [6.07, 6.45) is 0.0772. The number of carboxylic acids is 1. The molecule has 0 rings (SSSR count). The molecule has 4 heteroatoms. The van der Waals surface area contributed by atoms with Gasteiger partial charge in [0.1, 0.15) is 0 Å². The maximum Gasteiger partial charge on any atom is 0.304 e. The first-order valence-corrected chi connectivity index (χ1v) is 4.04. The first-order valence-electron chi connectivity index (χ1n) is 4.04. The summed E-state index contributed by atoms with van der Waals surface area (Å²) in [5.41, 5.74) is 5.32. The van der Waals surface area contributed by atoms with E-state index >= 15 is 0 Å². The lowest BCUT2D eigenvalue weighted by atomic mass is 10.1. The Hall–Kier alpha value is -0.610. The number of carboxylic acid groups (broad SMARTS) is 1. The molecule has 4 N–H and O–H groups in total. The Morgan fingerprint density at radius 1 is 1.58 bits per heavy atom. The fourth-order valence-electron chi connectivity index (χ4n) is 1.02. The van der Waals surface area contributed by atoms with E-state index in [-0.39, 0.29) is 18.0 Å². The Balaban J connectivity index is 3.92. The number of hydrogen-bond acceptors (Lipinski definition) is 3. The minimum Gasteiger partial charge on any atom is -0.481 e. The van der Waals surface area contributed by atoms with Crippen molar-refractivity contribution >= 4 is 5.97 Å². The zero-order chi connectivity index (χ0) is 9.78. The summed E-state index contributed by atoms with van der Waals surface area (Å²) in [6.45, 7) is 6.30. The average molecular weight is 174 g/mol. The number of hydrogen-bond donors (Lipinski definition) is 3. The molecule has 4 nitrogen and oxygen atoms in total. The maximum atomic E-state index is 10.4. The van der Waals surface area contributed by atoms with Crippen molar-refractivity contribution in [3.63, 3.8) is 0 Å². The summed E-state index contributed by atoms with van der Waals surface area (Å²) >= 11 is 0. The van der Waals surface area contributed by atoms with Crippen LogP contribution in [0.1, 0.15) is 27.2 Å². The molecule has 1 unspecified atom stereocenters. The van der Waals surface area contributed by atoms with E-state index in [9.17, 15) is 4.79 Å². The van der Waals surface area contributed by atoms with Crippen LogP contribution < -0.4 is 11.1 Å². The lowest BCUT2D eigenvalue weighted by molar-refractivity contribution is -0.137. The summed E-state index contributed by atoms with van der Waals surface area (Å²) in [5, 5.41) is 11.6. The zero-order valence-corrected chi connectivity index (χ0v) is 7.92. The lowest BCUT2D eigenvalue weighted by Gasteiger charge is -2.26. The molecule has 0 saturated heterocycles. The third-order valence-corrected chi connectivity index (χ3v) is 1.34. The van der Waals surface area contributed by atoms with Gasteiger partial charge in [-0.25, -0.2) is 0 Å². The minimum absolute atomic E-state index is 0.0772. The van der Waals surface area contributed by atoms with Crippen molar-refractivity contribution in [2.45, 2.75) is 38.8 Å². The first-order chi connectivity index (χ1) is 5.35. The molecule has 0 aliphatic carbocycles. The highest BCUT2D eigenvalue weighted by atomic mass is 16.4. The van der Waals surface area contributed by atoms with Gasteiger partial charge < -0.3 is 16.2 Å². The summed E-state index contributed by atoms with van der Waals surface area (Å²) in [6, 6.07) is -0.137. The van der Waals surface area contributed by atoms with Crippen molar-refractivity contribution in [3.8, 4) is 0 Å². The molecule has 0 spiro atoms. The van der Waals surface area contributed by atoms with Crippen LogP contribution in [0.25, 0.3) is 0 Å². The molecule has 0 aliphatic rings. The van der Waals surface area contributed by atoms with Crippen LogP contribution in [0.4, 0.5) is 0 Å². The first kappa shape index (κ1) is 11.4. The van der Waals surface area contributed by atoms with Crippen molar-refractivity contribution in [2.24, 2.45) is 5.73 Å². The predicted octanol–water partition coefficient (Wildman–Crippen LogP) is 0.177. The van der Waals surface area contributed by atoms with Gasteiger partial charge in [0.05, 0.1) is 6.42 Å². The van der Waals surface area contributed by atoms with Crippen molar-refractivity contribution in [2.75, 3.05) is 6.54 Å². The summed E-state index contributed by atoms with van der Waals surface area (Å²) in [4.78, 5) is 10.4. The molecular formula is C8H18N2O2. The second-order valence-corrected chi connectivity index (χ2v) is 3.92. The second-order valence-electron chi connectivity index (χ2n) is 3.92. The molecule has 0 amide bonds. The smallest absolute Gasteiger partial charge is 0.304 e. The van der Waals surface area contributed by atoms with Crippen molar-refractivity contribution in [1.29, 1.82) is 0 Å². The molecule has 0 aromatic rings. The largest absolute Gasteiger partial charge is 0.481 e. The Morgan fingerprint density at radius 3 is 2.33 bits per heavy atom. The van der Waals surface area contributed by atoms with Gasteiger partial charge in [-0.1, -0.05) is 0 Å². The maximum absolute atomic E-state index is 10.4. The average Bonchev–Trinajstić information content (AvgIpc) is 1.82. The van der Waals surface area contributed by atoms with Gasteiger partial charge in [-0.2, -0.15) is 0 Å². The predicted molar refractivity (Wildman–Crippen MR) is 48.0 cm³/mol. The van der Waals surface area contributed by atoms with Gasteiger partial charge in [-0.15, -0.1) is 0 Å². The third-order valence-electron chi connectivity index (χ3n) is 1.34. The van der Waals surface area contributed by atoms with Gasteiger partial charge in [0.25, 0.3) is 0 Å². The van der Waals surface area contributed by atoms with Gasteiger partial charge in [-0.05, 0) is 20.8 Å². The summed E-state index contributed by atoms with van der Waals surface area (Å²) in [7, 11) is 0. The molecule has 0 bridgehead atoms. The molecule has 0 heterocycles. The summed E-state index contributed by atoms with van der Waals surface area (Å²) in [5.74, 6) is -0.817. The van der Waals surface area contributed by atoms with Crippen LogP contribution in [0.5, 0.6) is 0 Å². The van der Waals surface area contributed by atoms with E-state index in [1.165, 1.54) is 0 Å². The molecule has 0 fully saturated rings. The molecular weight excluding hydrogens is 156 g/mol. The highest BCUT2D eigenvalue weighted by Crippen LogP contribution is 2.02. The van der Waals surface area contributed by atoms with Crippen LogP contribution in [0.2, 0.25) is 0 Å². The van der Waals surface area contributed by atoms with Crippen LogP contribution in [0.3, 0.4) is 0 Å². The second kappa shape index (κ2) is 4.42. The van der Waals surface area contributed by atoms with E-state index in [0.29, 0.717) is 6.54 Å². The molecule has 0 radical (unpaired) electrons. The standard InChI is InChI=1S/C8H18N2O2/c1-8(2,3)10-6(5-9)4-7(11)12/h6,10H,4-5,9H2,1-3H3,(H,11,12). The molecule has 0 aromatic heterocycles. The van der Waals surface area contributed by atoms with Crippen molar-refractivity contribution < 1.29 is 9.90 Å². The van der Waals surface area contributed by atoms with Gasteiger partial charge in [-0.3, -0.25) is 4.79 Å². The molecule has 1 atom stereocenters. The number of aliphatic carboxylic acids is 1. The van der Waals surface area contributed by atoms with E-state index in [1.54, 1.807) is 0 Å². The van der Waals surface area contributed by atoms with Crippen LogP contribution in [0, 0.1) is 0 Å². The van der Waals surface area contributed by atoms with E-state index < -0.39 is 5.97 Å². The number of carbonyl (C=O) groups is 1. The van der Waals surface area contributed by atoms with E-state index in [2.05, 4.69) is 5.32 Å². The zero-order valence-electron chi connectivity index (χ0n) is 7.92. The van der Waals surface area contributed by atoms with Gasteiger partial charge >= 0.3 is 5.97 Å². The van der Waals surface area contributed by atoms with Crippen molar-refractivity contribution in [1.82, 2.24) is 5.32 Å². The highest BCUT2D eigenvalue weighted by Gasteiger charge is 2.17. The van der Waals surface area contributed by atoms with Crippen LogP contribution in [-0.2, 0) is 4.79 Å². The quantitative estimate of drug-likeness (QED) is 0.568. The molecule has 0 saturated carbocycles. The van der Waals surface area contributed by atoms with Crippen LogP contribution >= 0.6 is 0 Å². The highest BCUT2D eigenvalue weighted by molar-refractivity contribution is 5.67. The Bertz CT molecular complexity index is 152. The minimum atomic E-state index is -0.817. The Kier molecular flexibility index (Phi) is 4.20. The van der Waals surface area contributed by atoms with Gasteiger partial charge in [0.2, 0.25) is 0 Å². The molecule has 72 valence electrons. The monoisotopic (exact) mass is 174 g/mol. The van der Waals surface area contributed by atoms with Crippen LogP contribution in [-0.4, -0.2) is 29.2 Å². The third kappa shape index (κ3) is 6.12. The van der Waals surface area contributed by atoms with E-state index in [0.717, 1.165) is 0 Å². The normalized spacial score (nSPS) is 14.3. The Labute approximate surface area is 73.1 Å². The van der Waals surface area contributed by atoms with E-state index in [4.69, 9.17) is 10.8 Å². The van der Waals surface area contributed by atoms with Gasteiger partial charge in [0.15, 0.2) is 0 Å². The van der Waals surface area contributed by atoms with Crippen molar-refractivity contribution in [3.05, 3.63) is 0 Å². The number of rotatable bonds is 4. The fourth-order valence-corrected chi connectivity index (χ4v) is 1.02. The topological polar surface area (TPSA) is 75.3 Å².